The molecule has 2 aliphatic rings. The topological polar surface area (TPSA) is 280 Å². The zero-order valence-corrected chi connectivity index (χ0v) is 27.2. The Labute approximate surface area is 280 Å². The molecule has 9 N–H and O–H groups in total. The number of nitrogens with zero attached hydrogens (tertiary/aromatic N) is 7. The Morgan fingerprint density at radius 1 is 1.31 bits per heavy atom. The number of imidazole rings is 1. The smallest absolute Gasteiger partial charge is 0.352 e. The summed E-state index contributed by atoms with van der Waals surface area (Å²) in [6, 6.07) is 1.73. The third-order valence-corrected chi connectivity index (χ3v) is 9.28. The molecule has 3 atom stereocenters. The number of nitrogen functional groups attached to an aromatic ring is 1. The minimum absolute atomic E-state index is 0.0265. The van der Waals surface area contributed by atoms with Crippen LogP contribution in [0.25, 0.3) is 11.2 Å². The van der Waals surface area contributed by atoms with Gasteiger partial charge in [0.1, 0.15) is 42.3 Å². The molecule has 1 saturated heterocycles. The molecule has 2 aliphatic heterocycles. The van der Waals surface area contributed by atoms with E-state index < -0.39 is 41.1 Å². The molecule has 3 aromatic heterocycles. The number of fused-ring (bicyclic) bond motifs is 2. The van der Waals surface area contributed by atoms with Gasteiger partial charge in [0.2, 0.25) is 29.7 Å². The van der Waals surface area contributed by atoms with Crippen LogP contribution >= 0.6 is 23.3 Å². The number of anilines is 1. The average molecular weight is 702 g/mol. The van der Waals surface area contributed by atoms with Crippen molar-refractivity contribution >= 4 is 74.9 Å². The van der Waals surface area contributed by atoms with E-state index in [1.165, 1.54) is 18.1 Å². The van der Waals surface area contributed by atoms with Crippen LogP contribution in [0.1, 0.15) is 25.6 Å². The number of oxime groups is 1. The molecule has 0 aliphatic carbocycles. The Bertz CT molecular complexity index is 1820. The number of aromatic nitrogens is 5. The first kappa shape index (κ1) is 34.2. The molecule has 0 bridgehead atoms. The van der Waals surface area contributed by atoms with Gasteiger partial charge in [-0.1, -0.05) is 5.16 Å². The zero-order valence-electron chi connectivity index (χ0n) is 25.6. The number of thioether (sulfide) groups is 1. The van der Waals surface area contributed by atoms with Crippen molar-refractivity contribution in [3.8, 4) is 0 Å². The third kappa shape index (κ3) is 7.21. The fourth-order valence-corrected chi connectivity index (χ4v) is 6.87. The monoisotopic (exact) mass is 701 g/mol. The highest BCUT2D eigenvalue weighted by molar-refractivity contribution is 8.00. The van der Waals surface area contributed by atoms with Gasteiger partial charge in [0, 0.05) is 29.4 Å². The van der Waals surface area contributed by atoms with Crippen LogP contribution in [0.4, 0.5) is 5.13 Å². The second kappa shape index (κ2) is 14.7. The first-order valence-electron chi connectivity index (χ1n) is 14.6. The minimum atomic E-state index is -1.29. The number of pyridine rings is 1. The number of β-lactam (4-membered cyclic amide) rings is 1. The summed E-state index contributed by atoms with van der Waals surface area (Å²) in [6.45, 7) is 2.23. The molecule has 0 saturated carbocycles. The summed E-state index contributed by atoms with van der Waals surface area (Å²) >= 11 is 2.16. The number of carbonyl (C=O) groups excluding carboxylic acids is 4. The van der Waals surface area contributed by atoms with Crippen molar-refractivity contribution in [2.45, 2.75) is 50.3 Å². The van der Waals surface area contributed by atoms with Crippen LogP contribution in [-0.2, 0) is 41.9 Å². The van der Waals surface area contributed by atoms with E-state index in [2.05, 4.69) is 30.1 Å². The SMILES string of the molecule is CCON=C(C(=O)NC1C(=O)N2C(C(=O)O)=C(C[n+]3cccc4c3ncn4CC(=O)NCCCC(N)C(N)=O)CSC12)c1nsc(N)n1. The summed E-state index contributed by atoms with van der Waals surface area (Å²) in [5.74, 6) is -3.36. The molecule has 0 aromatic carbocycles. The molecule has 3 aromatic rings. The predicted octanol–water partition coefficient (Wildman–Crippen LogP) is -2.35. The number of carboxylic acid groups (broad SMARTS) is 1. The summed E-state index contributed by atoms with van der Waals surface area (Å²) in [7, 11) is 0. The molecule has 5 heterocycles. The Morgan fingerprint density at radius 3 is 2.79 bits per heavy atom. The molecule has 3 unspecified atom stereocenters. The molecule has 1 fully saturated rings. The van der Waals surface area contributed by atoms with Crippen LogP contribution in [0.3, 0.4) is 0 Å². The summed E-state index contributed by atoms with van der Waals surface area (Å²) in [5.41, 5.74) is 17.6. The van der Waals surface area contributed by atoms with Crippen LogP contribution in [0, 0.1) is 0 Å². The summed E-state index contributed by atoms with van der Waals surface area (Å²) in [5, 5.41) is 18.8. The molecule has 254 valence electrons. The fraction of sp³-hybridized carbons (Fsp3) is 0.407. The molecule has 5 rings (SSSR count). The number of hydrogen-bond donors (Lipinski definition) is 6. The average Bonchev–Trinajstić information content (AvgIpc) is 3.67. The van der Waals surface area contributed by atoms with Crippen molar-refractivity contribution in [3.63, 3.8) is 0 Å². The van der Waals surface area contributed by atoms with Crippen LogP contribution < -0.4 is 32.4 Å². The number of carbonyl (C=O) groups is 5. The van der Waals surface area contributed by atoms with Gasteiger partial charge < -0.3 is 37.8 Å². The lowest BCUT2D eigenvalue weighted by atomic mass is 10.0. The zero-order chi connectivity index (χ0) is 34.5. The Morgan fingerprint density at radius 2 is 2.10 bits per heavy atom. The number of carboxylic acids is 1. The summed E-state index contributed by atoms with van der Waals surface area (Å²) in [6.07, 6.45) is 4.06. The molecule has 19 nitrogen and oxygen atoms in total. The van der Waals surface area contributed by atoms with Gasteiger partial charge in [-0.25, -0.2) is 9.36 Å². The quantitative estimate of drug-likeness (QED) is 0.0319. The number of primary amides is 1. The largest absolute Gasteiger partial charge is 0.477 e. The molecule has 4 amide bonds. The maximum atomic E-state index is 13.3. The van der Waals surface area contributed by atoms with E-state index in [0.29, 0.717) is 36.1 Å². The van der Waals surface area contributed by atoms with Gasteiger partial charge in [0.05, 0.1) is 12.2 Å². The van der Waals surface area contributed by atoms with Gasteiger partial charge in [-0.3, -0.25) is 28.6 Å². The van der Waals surface area contributed by atoms with E-state index in [0.717, 1.165) is 16.4 Å². The van der Waals surface area contributed by atoms with Crippen LogP contribution in [0.2, 0.25) is 0 Å². The van der Waals surface area contributed by atoms with Crippen LogP contribution in [0.15, 0.2) is 41.1 Å². The van der Waals surface area contributed by atoms with Gasteiger partial charge >= 0.3 is 11.6 Å². The predicted molar refractivity (Wildman–Crippen MR) is 172 cm³/mol. The molecular formula is C27H33N12O7S2+. The lowest BCUT2D eigenvalue weighted by molar-refractivity contribution is -0.664. The molecule has 48 heavy (non-hydrogen) atoms. The highest BCUT2D eigenvalue weighted by Gasteiger charge is 2.54. The number of nitrogens with two attached hydrogens (primary N) is 3. The normalized spacial score (nSPS) is 18.2. The number of rotatable bonds is 15. The Balaban J connectivity index is 1.27. The van der Waals surface area contributed by atoms with Gasteiger partial charge in [0.25, 0.3) is 11.8 Å². The number of hydrogen-bond acceptors (Lipinski definition) is 14. The molecule has 0 spiro atoms. The van der Waals surface area contributed by atoms with E-state index in [4.69, 9.17) is 22.0 Å². The first-order chi connectivity index (χ1) is 23.0. The summed E-state index contributed by atoms with van der Waals surface area (Å²) < 4.78 is 7.38. The standard InChI is InChI=1S/C27H32N12O7S2/c1-2-46-35-17(21-34-27(30)48-36-21)23(42)33-18-24(43)39-19(26(44)45)13(11-47-25(18)39)9-37-8-4-6-15-22(37)32-12-38(15)10-16(40)31-7-3-5-14(28)20(29)41/h4,6,8,12,14,18,25H,2-3,5,7,9-11,28H2,1H3,(H6-,29,30,31,33,34,36,40,41,42,44,45)/p+1. The third-order valence-electron chi connectivity index (χ3n) is 7.39. The highest BCUT2D eigenvalue weighted by Crippen LogP contribution is 2.40. The highest BCUT2D eigenvalue weighted by atomic mass is 32.2. The second-order valence-corrected chi connectivity index (χ2v) is 12.5. The Hall–Kier alpha value is -5.15. The van der Waals surface area contributed by atoms with Gasteiger partial charge in [-0.05, 0) is 36.9 Å². The van der Waals surface area contributed by atoms with E-state index in [1.54, 1.807) is 34.4 Å². The van der Waals surface area contributed by atoms with Gasteiger partial charge in [-0.15, -0.1) is 11.8 Å². The van der Waals surface area contributed by atoms with Crippen molar-refractivity contribution in [2.24, 2.45) is 16.6 Å². The summed E-state index contributed by atoms with van der Waals surface area (Å²) in [4.78, 5) is 77.1. The maximum Gasteiger partial charge on any atom is 0.352 e. The van der Waals surface area contributed by atoms with Crippen LogP contribution in [0.5, 0.6) is 0 Å². The van der Waals surface area contributed by atoms with Crippen molar-refractivity contribution in [2.75, 3.05) is 24.6 Å². The second-order valence-electron chi connectivity index (χ2n) is 10.7. The lowest BCUT2D eigenvalue weighted by Gasteiger charge is -2.49. The Kier molecular flexibility index (Phi) is 10.5. The van der Waals surface area contributed by atoms with E-state index in [9.17, 15) is 29.1 Å². The van der Waals surface area contributed by atoms with E-state index in [-0.39, 0.29) is 53.7 Å². The van der Waals surface area contributed by atoms with E-state index >= 15 is 0 Å². The van der Waals surface area contributed by atoms with Gasteiger partial charge in [-0.2, -0.15) is 9.36 Å². The van der Waals surface area contributed by atoms with Crippen molar-refractivity contribution in [1.82, 2.24) is 34.4 Å². The molecule has 21 heteroatoms. The number of aliphatic carboxylic acids is 1. The number of nitrogens with one attached hydrogen (secondary N) is 2. The van der Waals surface area contributed by atoms with E-state index in [1.807, 2.05) is 0 Å². The first-order valence-corrected chi connectivity index (χ1v) is 16.5. The number of amides is 4. The fourth-order valence-electron chi connectivity index (χ4n) is 5.10. The van der Waals surface area contributed by atoms with Crippen molar-refractivity contribution < 1.29 is 38.5 Å². The lowest BCUT2D eigenvalue weighted by Crippen LogP contribution is -2.71. The molecule has 0 radical (unpaired) electrons. The van der Waals surface area contributed by atoms with Crippen LogP contribution in [-0.4, -0.2) is 101 Å². The maximum absolute atomic E-state index is 13.3. The minimum Gasteiger partial charge on any atom is -0.477 e. The van der Waals surface area contributed by atoms with Gasteiger partial charge in [0.15, 0.2) is 5.13 Å². The van der Waals surface area contributed by atoms with Crippen molar-refractivity contribution in [3.05, 3.63) is 41.8 Å². The van der Waals surface area contributed by atoms with Crippen molar-refractivity contribution in [1.29, 1.82) is 0 Å². The molecular weight excluding hydrogens is 669 g/mol.